The summed E-state index contributed by atoms with van der Waals surface area (Å²) in [7, 11) is 0. The first-order valence-corrected chi connectivity index (χ1v) is 11.1. The number of nitrogens with zero attached hydrogens (tertiary/aromatic N) is 2. The number of carbonyl (C=O) groups is 2. The molecule has 1 amide bonds. The number of ether oxygens (including phenoxy) is 1. The van der Waals surface area contributed by atoms with Gasteiger partial charge in [-0.1, -0.05) is 40.2 Å². The molecule has 0 radical (unpaired) electrons. The molecular weight excluding hydrogens is 470 g/mol. The summed E-state index contributed by atoms with van der Waals surface area (Å²) in [6.07, 6.45) is 1.66. The number of hydrazone groups is 1. The minimum atomic E-state index is -0.362. The van der Waals surface area contributed by atoms with Crippen molar-refractivity contribution in [3.8, 4) is 5.69 Å². The summed E-state index contributed by atoms with van der Waals surface area (Å²) < 4.78 is 8.36. The van der Waals surface area contributed by atoms with Crippen molar-refractivity contribution in [2.75, 3.05) is 0 Å². The molecule has 0 spiro atoms. The van der Waals surface area contributed by atoms with E-state index in [0.717, 1.165) is 32.7 Å². The lowest BCUT2D eigenvalue weighted by Gasteiger charge is -2.15. The molecule has 32 heavy (non-hydrogen) atoms. The van der Waals surface area contributed by atoms with Crippen LogP contribution in [0.4, 0.5) is 0 Å². The van der Waals surface area contributed by atoms with Gasteiger partial charge in [-0.05, 0) is 63.6 Å². The van der Waals surface area contributed by atoms with Crippen LogP contribution < -0.4 is 5.43 Å². The molecule has 1 N–H and O–H groups in total. The highest BCUT2D eigenvalue weighted by molar-refractivity contribution is 9.10. The van der Waals surface area contributed by atoms with Gasteiger partial charge in [-0.3, -0.25) is 4.79 Å². The van der Waals surface area contributed by atoms with Crippen LogP contribution >= 0.6 is 15.9 Å². The molecule has 7 heteroatoms. The third-order valence-electron chi connectivity index (χ3n) is 4.85. The fraction of sp³-hybridized carbons (Fsp3) is 0.240. The van der Waals surface area contributed by atoms with Gasteiger partial charge in [0.25, 0.3) is 0 Å². The molecular formula is C25H26BrN3O3. The molecule has 0 unspecified atom stereocenters. The fourth-order valence-electron chi connectivity index (χ4n) is 3.41. The number of hydrogen-bond acceptors (Lipinski definition) is 4. The van der Waals surface area contributed by atoms with Gasteiger partial charge < -0.3 is 9.30 Å². The van der Waals surface area contributed by atoms with Gasteiger partial charge in [-0.25, -0.2) is 10.2 Å². The Labute approximate surface area is 196 Å². The second kappa shape index (κ2) is 10.4. The van der Waals surface area contributed by atoms with Crippen molar-refractivity contribution in [3.63, 3.8) is 0 Å². The monoisotopic (exact) mass is 495 g/mol. The van der Waals surface area contributed by atoms with Gasteiger partial charge >= 0.3 is 5.97 Å². The summed E-state index contributed by atoms with van der Waals surface area (Å²) in [5, 5.41) is 4.12. The van der Waals surface area contributed by atoms with E-state index >= 15 is 0 Å². The minimum Gasteiger partial charge on any atom is -0.459 e. The van der Waals surface area contributed by atoms with Gasteiger partial charge in [0.1, 0.15) is 0 Å². The van der Waals surface area contributed by atoms with Crippen molar-refractivity contribution in [2.24, 2.45) is 5.10 Å². The number of esters is 1. The Hall–Kier alpha value is -3.19. The first kappa shape index (κ1) is 23.5. The largest absolute Gasteiger partial charge is 0.459 e. The van der Waals surface area contributed by atoms with Gasteiger partial charge in [0.2, 0.25) is 5.91 Å². The SMILES string of the molecule is Cc1cc(/C=N\NC(=O)Cc2ccc(Br)cc2)c(C)n1-c1ccccc1C(=O)OC(C)C. The van der Waals surface area contributed by atoms with Crippen molar-refractivity contribution >= 4 is 34.0 Å². The van der Waals surface area contributed by atoms with Gasteiger partial charge in [-0.15, -0.1) is 0 Å². The van der Waals surface area contributed by atoms with Gasteiger partial charge in [0.05, 0.1) is 30.0 Å². The van der Waals surface area contributed by atoms with E-state index in [0.29, 0.717) is 5.56 Å². The number of halogens is 1. The van der Waals surface area contributed by atoms with Crippen LogP contribution in [0.15, 0.2) is 64.2 Å². The van der Waals surface area contributed by atoms with Crippen LogP contribution in [0.2, 0.25) is 0 Å². The summed E-state index contributed by atoms with van der Waals surface area (Å²) in [4.78, 5) is 24.8. The minimum absolute atomic E-state index is 0.195. The summed E-state index contributed by atoms with van der Waals surface area (Å²) >= 11 is 3.38. The molecule has 0 fully saturated rings. The molecule has 1 heterocycles. The number of benzene rings is 2. The summed E-state index contributed by atoms with van der Waals surface area (Å²) in [5.41, 5.74) is 7.41. The van der Waals surface area contributed by atoms with E-state index in [1.54, 1.807) is 12.3 Å². The molecule has 0 saturated heterocycles. The molecule has 0 bridgehead atoms. The molecule has 1 aromatic heterocycles. The summed E-state index contributed by atoms with van der Waals surface area (Å²) in [5.74, 6) is -0.558. The van der Waals surface area contributed by atoms with Crippen molar-refractivity contribution in [3.05, 3.63) is 87.1 Å². The third-order valence-corrected chi connectivity index (χ3v) is 5.38. The lowest BCUT2D eigenvalue weighted by atomic mass is 10.1. The van der Waals surface area contributed by atoms with Gasteiger partial charge in [0, 0.05) is 21.4 Å². The van der Waals surface area contributed by atoms with Crippen LogP contribution in [0.3, 0.4) is 0 Å². The second-order valence-electron chi connectivity index (χ2n) is 7.73. The Morgan fingerprint density at radius 1 is 1.12 bits per heavy atom. The highest BCUT2D eigenvalue weighted by Crippen LogP contribution is 2.23. The van der Waals surface area contributed by atoms with Crippen LogP contribution in [-0.2, 0) is 16.0 Å². The topological polar surface area (TPSA) is 72.7 Å². The van der Waals surface area contributed by atoms with Crippen LogP contribution in [-0.4, -0.2) is 28.8 Å². The van der Waals surface area contributed by atoms with Crippen molar-refractivity contribution < 1.29 is 14.3 Å². The lowest BCUT2D eigenvalue weighted by Crippen LogP contribution is -2.19. The smallest absolute Gasteiger partial charge is 0.340 e. The predicted molar refractivity (Wildman–Crippen MR) is 129 cm³/mol. The normalized spacial score (nSPS) is 11.2. The average Bonchev–Trinajstić information content (AvgIpc) is 3.02. The van der Waals surface area contributed by atoms with Crippen LogP contribution in [0.25, 0.3) is 5.69 Å². The summed E-state index contributed by atoms with van der Waals surface area (Å²) in [6.45, 7) is 7.56. The van der Waals surface area contributed by atoms with Crippen LogP contribution in [0.1, 0.15) is 46.7 Å². The Kier molecular flexibility index (Phi) is 7.64. The zero-order valence-electron chi connectivity index (χ0n) is 18.6. The molecule has 2 aromatic carbocycles. The maximum absolute atomic E-state index is 12.6. The standard InChI is InChI=1S/C25H26BrN3O3/c1-16(2)32-25(31)22-7-5-6-8-23(22)29-17(3)13-20(18(29)4)15-27-28-24(30)14-19-9-11-21(26)12-10-19/h5-13,15-16H,14H2,1-4H3,(H,28,30)/b27-15-. The third kappa shape index (κ3) is 5.73. The number of nitrogens with one attached hydrogen (secondary N) is 1. The molecule has 166 valence electrons. The number of para-hydroxylation sites is 1. The maximum atomic E-state index is 12.6. The first-order valence-electron chi connectivity index (χ1n) is 10.3. The van der Waals surface area contributed by atoms with E-state index in [1.165, 1.54) is 0 Å². The predicted octanol–water partition coefficient (Wildman–Crippen LogP) is 5.11. The van der Waals surface area contributed by atoms with Gasteiger partial charge in [0.15, 0.2) is 0 Å². The molecule has 0 saturated carbocycles. The highest BCUT2D eigenvalue weighted by atomic mass is 79.9. The fourth-order valence-corrected chi connectivity index (χ4v) is 3.67. The number of hydrogen-bond donors (Lipinski definition) is 1. The van der Waals surface area contributed by atoms with E-state index in [1.807, 2.05) is 80.8 Å². The number of carbonyl (C=O) groups excluding carboxylic acids is 2. The van der Waals surface area contributed by atoms with Crippen molar-refractivity contribution in [2.45, 2.75) is 40.2 Å². The molecule has 0 atom stereocenters. The van der Waals surface area contributed by atoms with Crippen LogP contribution in [0.5, 0.6) is 0 Å². The Morgan fingerprint density at radius 3 is 2.50 bits per heavy atom. The Bertz CT molecular complexity index is 1150. The van der Waals surface area contributed by atoms with Crippen molar-refractivity contribution in [1.29, 1.82) is 0 Å². The van der Waals surface area contributed by atoms with E-state index in [4.69, 9.17) is 4.74 Å². The van der Waals surface area contributed by atoms with E-state index < -0.39 is 0 Å². The number of aromatic nitrogens is 1. The Morgan fingerprint density at radius 2 is 1.81 bits per heavy atom. The number of rotatable bonds is 7. The first-order chi connectivity index (χ1) is 15.3. The number of aryl methyl sites for hydroxylation is 1. The average molecular weight is 496 g/mol. The molecule has 6 nitrogen and oxygen atoms in total. The lowest BCUT2D eigenvalue weighted by molar-refractivity contribution is -0.120. The van der Waals surface area contributed by atoms with E-state index in [-0.39, 0.29) is 24.4 Å². The molecule has 0 aliphatic rings. The van der Waals surface area contributed by atoms with E-state index in [9.17, 15) is 9.59 Å². The second-order valence-corrected chi connectivity index (χ2v) is 8.65. The van der Waals surface area contributed by atoms with Crippen LogP contribution in [0, 0.1) is 13.8 Å². The van der Waals surface area contributed by atoms with Gasteiger partial charge in [-0.2, -0.15) is 5.10 Å². The molecule has 3 aromatic rings. The highest BCUT2D eigenvalue weighted by Gasteiger charge is 2.18. The zero-order chi connectivity index (χ0) is 23.3. The number of amides is 1. The Balaban J connectivity index is 1.77. The summed E-state index contributed by atoms with van der Waals surface area (Å²) in [6, 6.07) is 16.9. The van der Waals surface area contributed by atoms with E-state index in [2.05, 4.69) is 26.5 Å². The van der Waals surface area contributed by atoms with Crippen molar-refractivity contribution in [1.82, 2.24) is 9.99 Å². The zero-order valence-corrected chi connectivity index (χ0v) is 20.1. The molecule has 0 aliphatic carbocycles. The molecule has 3 rings (SSSR count). The maximum Gasteiger partial charge on any atom is 0.340 e. The quantitative estimate of drug-likeness (QED) is 0.281. The molecule has 0 aliphatic heterocycles.